The van der Waals surface area contributed by atoms with Gasteiger partial charge in [-0.05, 0) is 6.42 Å². The van der Waals surface area contributed by atoms with Crippen LogP contribution < -0.4 is 5.32 Å². The van der Waals surface area contributed by atoms with Crippen molar-refractivity contribution in [3.63, 3.8) is 0 Å². The first kappa shape index (κ1) is 13.3. The molecule has 0 radical (unpaired) electrons. The van der Waals surface area contributed by atoms with Crippen LogP contribution in [-0.2, 0) is 6.54 Å². The maximum atomic E-state index is 10.9. The Morgan fingerprint density at radius 2 is 2.26 bits per heavy atom. The summed E-state index contributed by atoms with van der Waals surface area (Å²) in [6.45, 7) is 1.30. The normalized spacial score (nSPS) is 18.5. The molecule has 1 saturated heterocycles. The van der Waals surface area contributed by atoms with Crippen LogP contribution in [0, 0.1) is 10.1 Å². The molecule has 19 heavy (non-hydrogen) atoms. The SMILES string of the molecule is O=C(O)N1CCC(NCc2ccccc2[N+](=O)[O-])C1. The van der Waals surface area contributed by atoms with Gasteiger partial charge in [0.15, 0.2) is 0 Å². The molecule has 7 nitrogen and oxygen atoms in total. The Morgan fingerprint density at radius 3 is 2.89 bits per heavy atom. The number of hydrogen-bond acceptors (Lipinski definition) is 4. The van der Waals surface area contributed by atoms with Crippen molar-refractivity contribution in [2.24, 2.45) is 0 Å². The first-order chi connectivity index (χ1) is 9.08. The van der Waals surface area contributed by atoms with Gasteiger partial charge in [-0.3, -0.25) is 10.1 Å². The third-order valence-corrected chi connectivity index (χ3v) is 3.23. The van der Waals surface area contributed by atoms with Crippen molar-refractivity contribution in [2.75, 3.05) is 13.1 Å². The van der Waals surface area contributed by atoms with Crippen LogP contribution in [0.5, 0.6) is 0 Å². The van der Waals surface area contributed by atoms with Gasteiger partial charge < -0.3 is 15.3 Å². The molecule has 0 aromatic heterocycles. The van der Waals surface area contributed by atoms with Crippen LogP contribution in [0.4, 0.5) is 10.5 Å². The van der Waals surface area contributed by atoms with Crippen molar-refractivity contribution in [1.29, 1.82) is 0 Å². The van der Waals surface area contributed by atoms with Gasteiger partial charge in [0.1, 0.15) is 0 Å². The lowest BCUT2D eigenvalue weighted by Crippen LogP contribution is -2.34. The number of hydrogen-bond donors (Lipinski definition) is 2. The molecule has 1 aromatic carbocycles. The summed E-state index contributed by atoms with van der Waals surface area (Å²) in [5.41, 5.74) is 0.698. The largest absolute Gasteiger partial charge is 0.465 e. The fourth-order valence-corrected chi connectivity index (χ4v) is 2.19. The van der Waals surface area contributed by atoms with Crippen molar-refractivity contribution in [3.8, 4) is 0 Å². The van der Waals surface area contributed by atoms with E-state index in [1.54, 1.807) is 18.2 Å². The topological polar surface area (TPSA) is 95.7 Å². The highest BCUT2D eigenvalue weighted by Crippen LogP contribution is 2.18. The number of nitro groups is 1. The minimum Gasteiger partial charge on any atom is -0.465 e. The number of amides is 1. The van der Waals surface area contributed by atoms with E-state index in [9.17, 15) is 14.9 Å². The summed E-state index contributed by atoms with van der Waals surface area (Å²) in [5.74, 6) is 0. The monoisotopic (exact) mass is 265 g/mol. The van der Waals surface area contributed by atoms with Gasteiger partial charge in [-0.1, -0.05) is 18.2 Å². The summed E-state index contributed by atoms with van der Waals surface area (Å²) < 4.78 is 0. The van der Waals surface area contributed by atoms with E-state index in [1.807, 2.05) is 0 Å². The number of nitro benzene ring substituents is 1. The fraction of sp³-hybridized carbons (Fsp3) is 0.417. The summed E-state index contributed by atoms with van der Waals surface area (Å²) in [4.78, 5) is 22.6. The molecule has 7 heteroatoms. The summed E-state index contributed by atoms with van der Waals surface area (Å²) in [7, 11) is 0. The molecule has 1 fully saturated rings. The Labute approximate surface area is 110 Å². The zero-order valence-electron chi connectivity index (χ0n) is 10.3. The third kappa shape index (κ3) is 3.19. The molecule has 1 atom stereocenters. The molecule has 0 bridgehead atoms. The van der Waals surface area contributed by atoms with E-state index in [2.05, 4.69) is 5.32 Å². The van der Waals surface area contributed by atoms with Crippen LogP contribution in [0.25, 0.3) is 0 Å². The van der Waals surface area contributed by atoms with Gasteiger partial charge in [-0.25, -0.2) is 4.79 Å². The van der Waals surface area contributed by atoms with E-state index in [1.165, 1.54) is 11.0 Å². The van der Waals surface area contributed by atoms with Crippen molar-refractivity contribution in [3.05, 3.63) is 39.9 Å². The number of nitrogens with zero attached hydrogens (tertiary/aromatic N) is 2. The van der Waals surface area contributed by atoms with Gasteiger partial charge in [0.2, 0.25) is 0 Å². The number of nitrogens with one attached hydrogen (secondary N) is 1. The van der Waals surface area contributed by atoms with Crippen molar-refractivity contribution < 1.29 is 14.8 Å². The highest BCUT2D eigenvalue weighted by molar-refractivity contribution is 5.65. The second kappa shape index (κ2) is 5.66. The first-order valence-electron chi connectivity index (χ1n) is 6.01. The number of carboxylic acid groups (broad SMARTS) is 1. The van der Waals surface area contributed by atoms with Crippen molar-refractivity contribution in [2.45, 2.75) is 19.0 Å². The number of likely N-dealkylation sites (tertiary alicyclic amines) is 1. The van der Waals surface area contributed by atoms with Crippen LogP contribution >= 0.6 is 0 Å². The van der Waals surface area contributed by atoms with Crippen LogP contribution in [0.3, 0.4) is 0 Å². The van der Waals surface area contributed by atoms with Gasteiger partial charge in [0.25, 0.3) is 5.69 Å². The van der Waals surface area contributed by atoms with Crippen molar-refractivity contribution >= 4 is 11.8 Å². The number of benzene rings is 1. The summed E-state index contributed by atoms with van der Waals surface area (Å²) in [6, 6.07) is 6.60. The molecular weight excluding hydrogens is 250 g/mol. The summed E-state index contributed by atoms with van der Waals surface area (Å²) in [6.07, 6.45) is -0.192. The van der Waals surface area contributed by atoms with E-state index >= 15 is 0 Å². The van der Waals surface area contributed by atoms with Crippen molar-refractivity contribution in [1.82, 2.24) is 10.2 Å². The van der Waals surface area contributed by atoms with Gasteiger partial charge >= 0.3 is 6.09 Å². The molecular formula is C12H15N3O4. The zero-order valence-corrected chi connectivity index (χ0v) is 10.3. The van der Waals surface area contributed by atoms with Crippen LogP contribution in [0.2, 0.25) is 0 Å². The number of carbonyl (C=O) groups is 1. The second-order valence-electron chi connectivity index (χ2n) is 4.48. The first-order valence-corrected chi connectivity index (χ1v) is 6.01. The van der Waals surface area contributed by atoms with Gasteiger partial charge in [-0.15, -0.1) is 0 Å². The third-order valence-electron chi connectivity index (χ3n) is 3.23. The maximum absolute atomic E-state index is 10.9. The molecule has 1 aliphatic heterocycles. The molecule has 1 aliphatic rings. The standard InChI is InChI=1S/C12H15N3O4/c16-12(17)14-6-5-10(8-14)13-7-9-3-1-2-4-11(9)15(18)19/h1-4,10,13H,5-8H2,(H,16,17). The van der Waals surface area contributed by atoms with Crippen LogP contribution in [0.1, 0.15) is 12.0 Å². The molecule has 1 amide bonds. The molecule has 0 saturated carbocycles. The molecule has 2 N–H and O–H groups in total. The van der Waals surface area contributed by atoms with Crippen LogP contribution in [0.15, 0.2) is 24.3 Å². The quantitative estimate of drug-likeness (QED) is 0.634. The minimum absolute atomic E-state index is 0.0518. The lowest BCUT2D eigenvalue weighted by Gasteiger charge is -2.13. The van der Waals surface area contributed by atoms with E-state index in [4.69, 9.17) is 5.11 Å². The van der Waals surface area contributed by atoms with Gasteiger partial charge in [0, 0.05) is 37.3 Å². The smallest absolute Gasteiger partial charge is 0.407 e. The Morgan fingerprint density at radius 1 is 1.53 bits per heavy atom. The van der Waals surface area contributed by atoms with E-state index < -0.39 is 11.0 Å². The van der Waals surface area contributed by atoms with Crippen LogP contribution in [-0.4, -0.2) is 40.2 Å². The average molecular weight is 265 g/mol. The predicted octanol–water partition coefficient (Wildman–Crippen LogP) is 1.44. The van der Waals surface area contributed by atoms with Gasteiger partial charge in [-0.2, -0.15) is 0 Å². The Kier molecular flexibility index (Phi) is 3.96. The summed E-state index contributed by atoms with van der Waals surface area (Å²) in [5, 5.41) is 22.9. The van der Waals surface area contributed by atoms with Gasteiger partial charge in [0.05, 0.1) is 4.92 Å². The lowest BCUT2D eigenvalue weighted by atomic mass is 10.1. The maximum Gasteiger partial charge on any atom is 0.407 e. The highest BCUT2D eigenvalue weighted by Gasteiger charge is 2.25. The Hall–Kier alpha value is -2.15. The average Bonchev–Trinajstić information content (AvgIpc) is 2.85. The van der Waals surface area contributed by atoms with E-state index in [-0.39, 0.29) is 11.7 Å². The molecule has 102 valence electrons. The zero-order chi connectivity index (χ0) is 13.8. The molecule has 0 aliphatic carbocycles. The molecule has 0 spiro atoms. The van der Waals surface area contributed by atoms with E-state index in [0.717, 1.165) is 6.42 Å². The molecule has 1 aromatic rings. The molecule has 2 rings (SSSR count). The minimum atomic E-state index is -0.921. The Balaban J connectivity index is 1.93. The molecule has 1 unspecified atom stereocenters. The Bertz CT molecular complexity index is 492. The molecule has 1 heterocycles. The highest BCUT2D eigenvalue weighted by atomic mass is 16.6. The lowest BCUT2D eigenvalue weighted by molar-refractivity contribution is -0.385. The van der Waals surface area contributed by atoms with E-state index in [0.29, 0.717) is 25.2 Å². The summed E-state index contributed by atoms with van der Waals surface area (Å²) >= 11 is 0. The number of para-hydroxylation sites is 1. The predicted molar refractivity (Wildman–Crippen MR) is 67.9 cm³/mol. The second-order valence-corrected chi connectivity index (χ2v) is 4.48. The number of rotatable bonds is 4. The fourth-order valence-electron chi connectivity index (χ4n) is 2.19.